The van der Waals surface area contributed by atoms with Crippen molar-refractivity contribution in [1.29, 1.82) is 0 Å². The number of likely N-dealkylation sites (tertiary alicyclic amines) is 1. The first-order valence-corrected chi connectivity index (χ1v) is 9.24. The van der Waals surface area contributed by atoms with Crippen molar-refractivity contribution in [2.45, 2.75) is 25.7 Å². The van der Waals surface area contributed by atoms with E-state index in [1.165, 1.54) is 22.2 Å². The molecular formula is C22H24N2O2. The SMILES string of the molecule is Cc1ccc(OCC(=O)N2CCC(c3cc4ccccc4[nH]3)CC2)cc1. The minimum absolute atomic E-state index is 0.0701. The molecule has 1 aliphatic heterocycles. The normalized spacial score (nSPS) is 15.3. The van der Waals surface area contributed by atoms with Gasteiger partial charge >= 0.3 is 0 Å². The van der Waals surface area contributed by atoms with Gasteiger partial charge in [0.15, 0.2) is 6.61 Å². The summed E-state index contributed by atoms with van der Waals surface area (Å²) in [5.41, 5.74) is 3.66. The number of aryl methyl sites for hydroxylation is 1. The Morgan fingerprint density at radius 3 is 2.58 bits per heavy atom. The highest BCUT2D eigenvalue weighted by Crippen LogP contribution is 2.30. The van der Waals surface area contributed by atoms with Crippen LogP contribution in [-0.2, 0) is 4.79 Å². The summed E-state index contributed by atoms with van der Waals surface area (Å²) in [5.74, 6) is 1.31. The zero-order chi connectivity index (χ0) is 17.9. The average Bonchev–Trinajstić information content (AvgIpc) is 3.12. The Labute approximate surface area is 153 Å². The Morgan fingerprint density at radius 1 is 1.12 bits per heavy atom. The average molecular weight is 348 g/mol. The summed E-state index contributed by atoms with van der Waals surface area (Å²) < 4.78 is 5.63. The van der Waals surface area contributed by atoms with Gasteiger partial charge < -0.3 is 14.6 Å². The van der Waals surface area contributed by atoms with Crippen molar-refractivity contribution in [3.63, 3.8) is 0 Å². The van der Waals surface area contributed by atoms with Crippen LogP contribution in [0.3, 0.4) is 0 Å². The fourth-order valence-electron chi connectivity index (χ4n) is 3.63. The second-order valence-corrected chi connectivity index (χ2v) is 7.07. The molecule has 1 N–H and O–H groups in total. The van der Waals surface area contributed by atoms with Gasteiger partial charge in [0.2, 0.25) is 0 Å². The molecule has 26 heavy (non-hydrogen) atoms. The molecule has 0 saturated carbocycles. The van der Waals surface area contributed by atoms with Gasteiger partial charge in [-0.15, -0.1) is 0 Å². The molecule has 1 amide bonds. The third kappa shape index (κ3) is 3.59. The maximum atomic E-state index is 12.4. The Bertz CT molecular complexity index is 857. The van der Waals surface area contributed by atoms with Crippen LogP contribution in [0, 0.1) is 6.92 Å². The number of fused-ring (bicyclic) bond motifs is 1. The van der Waals surface area contributed by atoms with E-state index in [0.717, 1.165) is 31.7 Å². The number of H-pyrrole nitrogens is 1. The lowest BCUT2D eigenvalue weighted by atomic mass is 9.93. The molecule has 4 nitrogen and oxygen atoms in total. The molecule has 0 spiro atoms. The predicted molar refractivity (Wildman–Crippen MR) is 104 cm³/mol. The Morgan fingerprint density at radius 2 is 1.85 bits per heavy atom. The summed E-state index contributed by atoms with van der Waals surface area (Å²) in [6.07, 6.45) is 1.98. The highest BCUT2D eigenvalue weighted by Gasteiger charge is 2.25. The summed E-state index contributed by atoms with van der Waals surface area (Å²) in [6, 6.07) is 18.4. The zero-order valence-electron chi connectivity index (χ0n) is 15.1. The van der Waals surface area contributed by atoms with Gasteiger partial charge in [0.1, 0.15) is 5.75 Å². The molecule has 1 aliphatic rings. The van der Waals surface area contributed by atoms with Crippen molar-refractivity contribution in [2.75, 3.05) is 19.7 Å². The van der Waals surface area contributed by atoms with E-state index in [0.29, 0.717) is 5.92 Å². The molecule has 0 unspecified atom stereocenters. The molecule has 1 fully saturated rings. The molecule has 0 radical (unpaired) electrons. The molecular weight excluding hydrogens is 324 g/mol. The maximum Gasteiger partial charge on any atom is 0.260 e. The number of carbonyl (C=O) groups excluding carboxylic acids is 1. The van der Waals surface area contributed by atoms with Gasteiger partial charge in [-0.3, -0.25) is 4.79 Å². The number of hydrogen-bond donors (Lipinski definition) is 1. The van der Waals surface area contributed by atoms with Crippen LogP contribution in [0.4, 0.5) is 0 Å². The van der Waals surface area contributed by atoms with Crippen LogP contribution < -0.4 is 4.74 Å². The first-order chi connectivity index (χ1) is 12.7. The summed E-state index contributed by atoms with van der Waals surface area (Å²) in [6.45, 7) is 3.72. The standard InChI is InChI=1S/C22H24N2O2/c1-16-6-8-19(9-7-16)26-15-22(25)24-12-10-17(11-13-24)21-14-18-4-2-3-5-20(18)23-21/h2-9,14,17,23H,10-13,15H2,1H3. The summed E-state index contributed by atoms with van der Waals surface area (Å²) in [5, 5.41) is 1.26. The molecule has 4 rings (SSSR count). The zero-order valence-corrected chi connectivity index (χ0v) is 15.1. The van der Waals surface area contributed by atoms with E-state index in [9.17, 15) is 4.79 Å². The fourth-order valence-corrected chi connectivity index (χ4v) is 3.63. The van der Waals surface area contributed by atoms with E-state index < -0.39 is 0 Å². The Kier molecular flexibility index (Phi) is 4.65. The van der Waals surface area contributed by atoms with E-state index in [1.807, 2.05) is 36.1 Å². The lowest BCUT2D eigenvalue weighted by Crippen LogP contribution is -2.40. The number of aromatic nitrogens is 1. The summed E-state index contributed by atoms with van der Waals surface area (Å²) in [4.78, 5) is 17.9. The molecule has 0 aliphatic carbocycles. The number of carbonyl (C=O) groups is 1. The van der Waals surface area contributed by atoms with E-state index in [1.54, 1.807) is 0 Å². The summed E-state index contributed by atoms with van der Waals surface area (Å²) >= 11 is 0. The number of nitrogens with zero attached hydrogens (tertiary/aromatic N) is 1. The molecule has 1 aromatic heterocycles. The lowest BCUT2D eigenvalue weighted by molar-refractivity contribution is -0.134. The number of rotatable bonds is 4. The van der Waals surface area contributed by atoms with Crippen LogP contribution in [0.1, 0.15) is 30.0 Å². The second-order valence-electron chi connectivity index (χ2n) is 7.07. The lowest BCUT2D eigenvalue weighted by Gasteiger charge is -2.31. The van der Waals surface area contributed by atoms with Crippen LogP contribution in [0.25, 0.3) is 10.9 Å². The van der Waals surface area contributed by atoms with Gasteiger partial charge in [-0.1, -0.05) is 35.9 Å². The molecule has 0 atom stereocenters. The number of nitrogens with one attached hydrogen (secondary N) is 1. The number of aromatic amines is 1. The Balaban J connectivity index is 1.31. The first-order valence-electron chi connectivity index (χ1n) is 9.24. The third-order valence-corrected chi connectivity index (χ3v) is 5.22. The molecule has 4 heteroatoms. The van der Waals surface area contributed by atoms with Crippen molar-refractivity contribution in [1.82, 2.24) is 9.88 Å². The largest absolute Gasteiger partial charge is 0.484 e. The second kappa shape index (κ2) is 7.24. The Hall–Kier alpha value is -2.75. The highest BCUT2D eigenvalue weighted by atomic mass is 16.5. The minimum Gasteiger partial charge on any atom is -0.484 e. The van der Waals surface area contributed by atoms with Gasteiger partial charge in [-0.2, -0.15) is 0 Å². The molecule has 134 valence electrons. The van der Waals surface area contributed by atoms with E-state index in [4.69, 9.17) is 4.74 Å². The van der Waals surface area contributed by atoms with Crippen LogP contribution >= 0.6 is 0 Å². The van der Waals surface area contributed by atoms with Gasteiger partial charge in [-0.05, 0) is 49.4 Å². The minimum atomic E-state index is 0.0701. The van der Waals surface area contributed by atoms with Crippen molar-refractivity contribution in [3.05, 3.63) is 65.9 Å². The predicted octanol–water partition coefficient (Wildman–Crippen LogP) is 4.26. The van der Waals surface area contributed by atoms with Crippen molar-refractivity contribution in [2.24, 2.45) is 0 Å². The molecule has 0 bridgehead atoms. The molecule has 1 saturated heterocycles. The number of benzene rings is 2. The highest BCUT2D eigenvalue weighted by molar-refractivity contribution is 5.80. The number of amides is 1. The van der Waals surface area contributed by atoms with Crippen LogP contribution in [0.15, 0.2) is 54.6 Å². The van der Waals surface area contributed by atoms with Gasteiger partial charge in [0, 0.05) is 30.2 Å². The molecule has 3 aromatic rings. The molecule has 2 aromatic carbocycles. The van der Waals surface area contributed by atoms with Crippen LogP contribution in [0.2, 0.25) is 0 Å². The van der Waals surface area contributed by atoms with Crippen LogP contribution in [0.5, 0.6) is 5.75 Å². The van der Waals surface area contributed by atoms with Crippen molar-refractivity contribution >= 4 is 16.8 Å². The summed E-state index contributed by atoms with van der Waals surface area (Å²) in [7, 11) is 0. The van der Waals surface area contributed by atoms with Crippen molar-refractivity contribution in [3.8, 4) is 5.75 Å². The number of piperidine rings is 1. The first kappa shape index (κ1) is 16.7. The van der Waals surface area contributed by atoms with Crippen LogP contribution in [-0.4, -0.2) is 35.5 Å². The van der Waals surface area contributed by atoms with Gasteiger partial charge in [-0.25, -0.2) is 0 Å². The van der Waals surface area contributed by atoms with E-state index in [-0.39, 0.29) is 12.5 Å². The van der Waals surface area contributed by atoms with Crippen molar-refractivity contribution < 1.29 is 9.53 Å². The van der Waals surface area contributed by atoms with E-state index >= 15 is 0 Å². The van der Waals surface area contributed by atoms with Gasteiger partial charge in [0.25, 0.3) is 5.91 Å². The monoisotopic (exact) mass is 348 g/mol. The van der Waals surface area contributed by atoms with Gasteiger partial charge in [0.05, 0.1) is 0 Å². The topological polar surface area (TPSA) is 45.3 Å². The smallest absolute Gasteiger partial charge is 0.260 e. The number of ether oxygens (including phenoxy) is 1. The third-order valence-electron chi connectivity index (χ3n) is 5.22. The van der Waals surface area contributed by atoms with E-state index in [2.05, 4.69) is 35.3 Å². The molecule has 2 heterocycles. The fraction of sp³-hybridized carbons (Fsp3) is 0.318. The number of para-hydroxylation sites is 1. The number of hydrogen-bond acceptors (Lipinski definition) is 2. The maximum absolute atomic E-state index is 12.4. The quantitative estimate of drug-likeness (QED) is 0.766.